The van der Waals surface area contributed by atoms with Gasteiger partial charge in [0.25, 0.3) is 0 Å². The molecule has 0 N–H and O–H groups in total. The van der Waals surface area contributed by atoms with Crippen molar-refractivity contribution in [2.75, 3.05) is 0 Å². The van der Waals surface area contributed by atoms with E-state index in [0.717, 1.165) is 0 Å². The van der Waals surface area contributed by atoms with Gasteiger partial charge < -0.3 is 18.6 Å². The molecule has 1 aliphatic carbocycles. The standard InChI is InChI=1S/C20H36B2O4/c1-17(2)18(3,4)24-21(23-17)14-16(15-12-10-9-11-13-15)22-25-19(5,6)20(7,8)26-22/h14-15H,9-13H2,1-8H3. The van der Waals surface area contributed by atoms with Crippen LogP contribution in [0.1, 0.15) is 87.5 Å². The molecule has 1 saturated carbocycles. The van der Waals surface area contributed by atoms with E-state index in [1.807, 2.05) is 0 Å². The molecule has 146 valence electrons. The van der Waals surface area contributed by atoms with E-state index in [1.54, 1.807) is 0 Å². The molecule has 0 aromatic rings. The summed E-state index contributed by atoms with van der Waals surface area (Å²) in [5.41, 5.74) is -0.117. The van der Waals surface area contributed by atoms with Crippen molar-refractivity contribution in [1.82, 2.24) is 0 Å². The van der Waals surface area contributed by atoms with E-state index >= 15 is 0 Å². The maximum absolute atomic E-state index is 6.39. The van der Waals surface area contributed by atoms with Crippen LogP contribution in [0.5, 0.6) is 0 Å². The number of hydrogen-bond acceptors (Lipinski definition) is 4. The fourth-order valence-electron chi connectivity index (χ4n) is 3.94. The summed E-state index contributed by atoms with van der Waals surface area (Å²) < 4.78 is 25.3. The molecule has 6 heteroatoms. The second-order valence-electron chi connectivity index (χ2n) is 10.2. The van der Waals surface area contributed by atoms with Crippen LogP contribution in [0.25, 0.3) is 0 Å². The maximum Gasteiger partial charge on any atom is 0.489 e. The zero-order valence-corrected chi connectivity index (χ0v) is 18.0. The van der Waals surface area contributed by atoms with Crippen molar-refractivity contribution in [3.63, 3.8) is 0 Å². The summed E-state index contributed by atoms with van der Waals surface area (Å²) in [7, 11) is -0.668. The molecule has 4 nitrogen and oxygen atoms in total. The molecule has 0 aromatic heterocycles. The molecule has 0 amide bonds. The van der Waals surface area contributed by atoms with Gasteiger partial charge in [0, 0.05) is 0 Å². The van der Waals surface area contributed by atoms with E-state index in [4.69, 9.17) is 18.6 Å². The van der Waals surface area contributed by atoms with Crippen molar-refractivity contribution in [3.8, 4) is 0 Å². The van der Waals surface area contributed by atoms with Gasteiger partial charge in [-0.25, -0.2) is 0 Å². The molecule has 3 rings (SSSR count). The molecular formula is C20H36B2O4. The molecule has 0 unspecified atom stereocenters. The van der Waals surface area contributed by atoms with Gasteiger partial charge in [-0.3, -0.25) is 0 Å². The highest BCUT2D eigenvalue weighted by Crippen LogP contribution is 2.43. The Hall–Kier alpha value is -0.290. The lowest BCUT2D eigenvalue weighted by Crippen LogP contribution is -2.41. The highest BCUT2D eigenvalue weighted by atomic mass is 16.7. The number of hydrogen-bond donors (Lipinski definition) is 0. The van der Waals surface area contributed by atoms with Crippen LogP contribution < -0.4 is 0 Å². The second-order valence-corrected chi connectivity index (χ2v) is 10.2. The van der Waals surface area contributed by atoms with Crippen molar-refractivity contribution >= 4 is 14.2 Å². The summed E-state index contributed by atoms with van der Waals surface area (Å²) in [4.78, 5) is 0. The third-order valence-corrected chi connectivity index (χ3v) is 7.20. The van der Waals surface area contributed by atoms with Crippen molar-refractivity contribution in [2.45, 2.75) is 110 Å². The van der Waals surface area contributed by atoms with E-state index < -0.39 is 0 Å². The Morgan fingerprint density at radius 3 is 1.58 bits per heavy atom. The van der Waals surface area contributed by atoms with Crippen LogP contribution in [-0.4, -0.2) is 36.6 Å². The zero-order valence-electron chi connectivity index (χ0n) is 18.0. The molecule has 26 heavy (non-hydrogen) atoms. The highest BCUT2D eigenvalue weighted by Gasteiger charge is 2.55. The second kappa shape index (κ2) is 6.65. The van der Waals surface area contributed by atoms with Crippen LogP contribution in [0.15, 0.2) is 11.4 Å². The largest absolute Gasteiger partial charge is 0.489 e. The molecule has 2 heterocycles. The fourth-order valence-corrected chi connectivity index (χ4v) is 3.94. The molecule has 2 saturated heterocycles. The molecule has 0 bridgehead atoms. The third-order valence-electron chi connectivity index (χ3n) is 7.20. The summed E-state index contributed by atoms with van der Waals surface area (Å²) >= 11 is 0. The Bertz CT molecular complexity index is 530. The van der Waals surface area contributed by atoms with Crippen LogP contribution in [0, 0.1) is 5.92 Å². The molecule has 3 fully saturated rings. The lowest BCUT2D eigenvalue weighted by molar-refractivity contribution is 0.00578. The Kier molecular flexibility index (Phi) is 5.23. The summed E-state index contributed by atoms with van der Waals surface area (Å²) in [6.45, 7) is 16.8. The molecule has 0 spiro atoms. The topological polar surface area (TPSA) is 36.9 Å². The lowest BCUT2D eigenvalue weighted by atomic mass is 9.62. The van der Waals surface area contributed by atoms with Crippen molar-refractivity contribution in [2.24, 2.45) is 5.92 Å². The van der Waals surface area contributed by atoms with Crippen LogP contribution in [0.2, 0.25) is 0 Å². The minimum Gasteiger partial charge on any atom is -0.400 e. The van der Waals surface area contributed by atoms with Gasteiger partial charge in [-0.15, -0.1) is 0 Å². The monoisotopic (exact) mass is 362 g/mol. The van der Waals surface area contributed by atoms with Crippen LogP contribution in [0.4, 0.5) is 0 Å². The van der Waals surface area contributed by atoms with Gasteiger partial charge in [-0.2, -0.15) is 0 Å². The maximum atomic E-state index is 6.39. The fraction of sp³-hybridized carbons (Fsp3) is 0.900. The molecule has 3 aliphatic rings. The quantitative estimate of drug-likeness (QED) is 0.679. The van der Waals surface area contributed by atoms with Crippen molar-refractivity contribution in [1.29, 1.82) is 0 Å². The first-order chi connectivity index (χ1) is 11.8. The molecule has 2 aliphatic heterocycles. The highest BCUT2D eigenvalue weighted by molar-refractivity contribution is 6.60. The van der Waals surface area contributed by atoms with Gasteiger partial charge in [0.2, 0.25) is 0 Å². The summed E-state index contributed by atoms with van der Waals surface area (Å²) in [5.74, 6) is 2.63. The van der Waals surface area contributed by atoms with E-state index in [1.165, 1.54) is 37.6 Å². The van der Waals surface area contributed by atoms with Gasteiger partial charge in [0.1, 0.15) is 0 Å². The number of allylic oxidation sites excluding steroid dienone is 1. The van der Waals surface area contributed by atoms with E-state index in [9.17, 15) is 0 Å². The van der Waals surface area contributed by atoms with Crippen molar-refractivity contribution in [3.05, 3.63) is 11.4 Å². The first kappa shape index (κ1) is 20.4. The Balaban J connectivity index is 1.88. The Morgan fingerprint density at radius 1 is 0.692 bits per heavy atom. The molecule has 0 radical (unpaired) electrons. The van der Waals surface area contributed by atoms with Gasteiger partial charge in [-0.1, -0.05) is 25.2 Å². The average molecular weight is 362 g/mol. The van der Waals surface area contributed by atoms with E-state index in [2.05, 4.69) is 61.4 Å². The Morgan fingerprint density at radius 2 is 1.12 bits per heavy atom. The SMILES string of the molecule is CC1(C)OB(C=C(B2OC(C)(C)C(C)(C)O2)C2CCCCC2)OC1(C)C. The van der Waals surface area contributed by atoms with Crippen LogP contribution in [0.3, 0.4) is 0 Å². The molecular weight excluding hydrogens is 326 g/mol. The van der Waals surface area contributed by atoms with Gasteiger partial charge >= 0.3 is 14.2 Å². The molecule has 0 atom stereocenters. The summed E-state index contributed by atoms with van der Waals surface area (Å²) in [6.07, 6.45) is 6.24. The van der Waals surface area contributed by atoms with Crippen LogP contribution in [-0.2, 0) is 18.6 Å². The predicted octanol–water partition coefficient (Wildman–Crippen LogP) is 4.76. The molecule has 0 aromatic carbocycles. The van der Waals surface area contributed by atoms with Gasteiger partial charge in [0.15, 0.2) is 0 Å². The van der Waals surface area contributed by atoms with E-state index in [-0.39, 0.29) is 36.6 Å². The van der Waals surface area contributed by atoms with Crippen molar-refractivity contribution < 1.29 is 18.6 Å². The first-order valence-electron chi connectivity index (χ1n) is 10.3. The predicted molar refractivity (Wildman–Crippen MR) is 107 cm³/mol. The lowest BCUT2D eigenvalue weighted by Gasteiger charge is -2.32. The minimum absolute atomic E-state index is 0.317. The zero-order chi connectivity index (χ0) is 19.4. The van der Waals surface area contributed by atoms with E-state index in [0.29, 0.717) is 5.92 Å². The summed E-state index contributed by atoms with van der Waals surface area (Å²) in [5, 5.41) is 0. The van der Waals surface area contributed by atoms with Gasteiger partial charge in [-0.05, 0) is 79.6 Å². The average Bonchev–Trinajstić information content (AvgIpc) is 2.85. The number of rotatable bonds is 3. The third kappa shape index (κ3) is 3.67. The van der Waals surface area contributed by atoms with Crippen LogP contribution >= 0.6 is 0 Å². The smallest absolute Gasteiger partial charge is 0.400 e. The van der Waals surface area contributed by atoms with Gasteiger partial charge in [0.05, 0.1) is 22.4 Å². The first-order valence-corrected chi connectivity index (χ1v) is 10.3. The normalized spacial score (nSPS) is 30.8. The Labute approximate surface area is 160 Å². The minimum atomic E-state index is -0.351. The summed E-state index contributed by atoms with van der Waals surface area (Å²) in [6, 6.07) is 0.